The molecule has 1 rings (SSSR count). The zero-order valence-corrected chi connectivity index (χ0v) is 10.0. The van der Waals surface area contributed by atoms with E-state index in [1.54, 1.807) is 0 Å². The first kappa shape index (κ1) is 12.9. The highest BCUT2D eigenvalue weighted by atomic mass is 32.1. The van der Waals surface area contributed by atoms with Crippen molar-refractivity contribution in [3.05, 3.63) is 8.83 Å². The Morgan fingerprint density at radius 2 is 2.25 bits per heavy atom. The maximum absolute atomic E-state index is 10.3. The summed E-state index contributed by atoms with van der Waals surface area (Å²) in [5, 5.41) is 18.2. The van der Waals surface area contributed by atoms with E-state index in [2.05, 4.69) is 0 Å². The molecule has 7 heteroatoms. The maximum atomic E-state index is 10.3. The minimum Gasteiger partial charge on any atom is -0.494 e. The predicted octanol–water partition coefficient (Wildman–Crippen LogP) is 1.59. The average molecular weight is 261 g/mol. The summed E-state index contributed by atoms with van der Waals surface area (Å²) in [7, 11) is 0. The second kappa shape index (κ2) is 5.76. The van der Waals surface area contributed by atoms with Gasteiger partial charge in [0.05, 0.1) is 4.88 Å². The summed E-state index contributed by atoms with van der Waals surface area (Å²) in [6, 6.07) is 0. The van der Waals surface area contributed by atoms with Crippen LogP contribution < -0.4 is 0 Å². The largest absolute Gasteiger partial charge is 0.494 e. The summed E-state index contributed by atoms with van der Waals surface area (Å²) >= 11 is 6.19. The number of carbonyl (C=O) groups excluding carboxylic acids is 1. The van der Waals surface area contributed by atoms with E-state index in [0.29, 0.717) is 28.1 Å². The zero-order valence-electron chi connectivity index (χ0n) is 8.38. The molecule has 0 aliphatic rings. The van der Waals surface area contributed by atoms with Gasteiger partial charge in [-0.25, -0.2) is 0 Å². The van der Waals surface area contributed by atoms with Crippen molar-refractivity contribution in [2.75, 3.05) is 0 Å². The number of carboxylic acids is 1. The summed E-state index contributed by atoms with van der Waals surface area (Å²) in [6.07, 6.45) is 1.25. The van der Waals surface area contributed by atoms with Crippen molar-refractivity contribution in [3.8, 4) is 5.88 Å². The minimum atomic E-state index is -0.880. The molecule has 0 saturated carbocycles. The number of aldehydes is 1. The van der Waals surface area contributed by atoms with Gasteiger partial charge in [0.15, 0.2) is 3.95 Å². The third kappa shape index (κ3) is 3.14. The standard InChI is InChI=1S/C9H11NO4S2/c11-5-3-6-8(14)10(9(15)16-6)4-1-2-7(12)13/h5,14H,1-4H2,(H,12,13). The van der Waals surface area contributed by atoms with Crippen LogP contribution in [-0.4, -0.2) is 27.0 Å². The Morgan fingerprint density at radius 1 is 1.56 bits per heavy atom. The van der Waals surface area contributed by atoms with E-state index in [-0.39, 0.29) is 18.7 Å². The van der Waals surface area contributed by atoms with E-state index in [4.69, 9.17) is 17.3 Å². The average Bonchev–Trinajstić information content (AvgIpc) is 2.45. The van der Waals surface area contributed by atoms with Crippen LogP contribution in [0.4, 0.5) is 0 Å². The zero-order chi connectivity index (χ0) is 12.1. The van der Waals surface area contributed by atoms with Crippen molar-refractivity contribution < 1.29 is 19.8 Å². The molecule has 5 nitrogen and oxygen atoms in total. The van der Waals surface area contributed by atoms with Gasteiger partial charge in [-0.05, 0) is 18.6 Å². The molecule has 0 bridgehead atoms. The first-order valence-corrected chi connectivity index (χ1v) is 5.85. The van der Waals surface area contributed by atoms with Gasteiger partial charge >= 0.3 is 5.97 Å². The number of aromatic nitrogens is 1. The molecule has 0 amide bonds. The molecule has 0 atom stereocenters. The molecule has 0 unspecified atom stereocenters. The van der Waals surface area contributed by atoms with E-state index in [1.165, 1.54) is 15.9 Å². The second-order valence-electron chi connectivity index (χ2n) is 3.13. The fourth-order valence-electron chi connectivity index (χ4n) is 1.24. The summed E-state index contributed by atoms with van der Waals surface area (Å²) in [6.45, 7) is 0.353. The first-order valence-electron chi connectivity index (χ1n) is 4.63. The normalized spacial score (nSPS) is 10.2. The number of aliphatic carboxylic acids is 1. The predicted molar refractivity (Wildman–Crippen MR) is 61.4 cm³/mol. The third-order valence-corrected chi connectivity index (χ3v) is 3.44. The third-order valence-electron chi connectivity index (χ3n) is 1.98. The van der Waals surface area contributed by atoms with E-state index in [9.17, 15) is 14.7 Å². The molecule has 0 fully saturated rings. The topological polar surface area (TPSA) is 79.5 Å². The van der Waals surface area contributed by atoms with E-state index >= 15 is 0 Å². The molecule has 16 heavy (non-hydrogen) atoms. The van der Waals surface area contributed by atoms with Crippen molar-refractivity contribution in [3.63, 3.8) is 0 Å². The SMILES string of the molecule is O=CCc1sc(=S)n(CCCC(=O)O)c1O. The maximum Gasteiger partial charge on any atom is 0.303 e. The highest BCUT2D eigenvalue weighted by molar-refractivity contribution is 7.73. The Hall–Kier alpha value is -1.21. The lowest BCUT2D eigenvalue weighted by Crippen LogP contribution is -2.01. The summed E-state index contributed by atoms with van der Waals surface area (Å²) in [5.41, 5.74) is 0. The molecule has 0 spiro atoms. The number of aromatic hydroxyl groups is 1. The first-order chi connectivity index (χ1) is 7.56. The molecule has 0 radical (unpaired) electrons. The molecule has 1 heterocycles. The lowest BCUT2D eigenvalue weighted by Gasteiger charge is -2.02. The lowest BCUT2D eigenvalue weighted by molar-refractivity contribution is -0.137. The van der Waals surface area contributed by atoms with E-state index in [1.807, 2.05) is 0 Å². The second-order valence-corrected chi connectivity index (χ2v) is 4.86. The van der Waals surface area contributed by atoms with Crippen LogP contribution in [0.25, 0.3) is 0 Å². The molecular weight excluding hydrogens is 250 g/mol. The van der Waals surface area contributed by atoms with Crippen molar-refractivity contribution in [2.45, 2.75) is 25.8 Å². The van der Waals surface area contributed by atoms with Crippen LogP contribution in [-0.2, 0) is 22.6 Å². The lowest BCUT2D eigenvalue weighted by atomic mass is 10.3. The van der Waals surface area contributed by atoms with Crippen LogP contribution >= 0.6 is 23.6 Å². The van der Waals surface area contributed by atoms with Crippen molar-refractivity contribution in [1.29, 1.82) is 0 Å². The highest BCUT2D eigenvalue weighted by Gasteiger charge is 2.11. The summed E-state index contributed by atoms with van der Waals surface area (Å²) in [5.74, 6) is -0.901. The van der Waals surface area contributed by atoms with Crippen LogP contribution in [0.15, 0.2) is 0 Å². The van der Waals surface area contributed by atoms with Gasteiger partial charge < -0.3 is 15.0 Å². The quantitative estimate of drug-likeness (QED) is 0.600. The van der Waals surface area contributed by atoms with Gasteiger partial charge in [0, 0.05) is 19.4 Å². The fraction of sp³-hybridized carbons (Fsp3) is 0.444. The van der Waals surface area contributed by atoms with Gasteiger partial charge in [0.2, 0.25) is 5.88 Å². The number of carbonyl (C=O) groups is 2. The van der Waals surface area contributed by atoms with Gasteiger partial charge in [-0.3, -0.25) is 9.36 Å². The smallest absolute Gasteiger partial charge is 0.303 e. The number of carboxylic acid groups (broad SMARTS) is 1. The van der Waals surface area contributed by atoms with Crippen LogP contribution in [0.2, 0.25) is 0 Å². The molecule has 1 aromatic rings. The van der Waals surface area contributed by atoms with Crippen molar-refractivity contribution in [2.24, 2.45) is 0 Å². The van der Waals surface area contributed by atoms with Gasteiger partial charge in [-0.15, -0.1) is 11.3 Å². The van der Waals surface area contributed by atoms with Gasteiger partial charge in [0.1, 0.15) is 6.29 Å². The Balaban J connectivity index is 2.76. The molecule has 0 saturated heterocycles. The van der Waals surface area contributed by atoms with E-state index in [0.717, 1.165) is 0 Å². The number of nitrogens with zero attached hydrogens (tertiary/aromatic N) is 1. The molecule has 0 aliphatic heterocycles. The van der Waals surface area contributed by atoms with Gasteiger partial charge in [-0.2, -0.15) is 0 Å². The Morgan fingerprint density at radius 3 is 2.81 bits per heavy atom. The van der Waals surface area contributed by atoms with Crippen molar-refractivity contribution in [1.82, 2.24) is 4.57 Å². The molecule has 0 aliphatic carbocycles. The molecular formula is C9H11NO4S2. The van der Waals surface area contributed by atoms with Crippen LogP contribution in [0.1, 0.15) is 17.7 Å². The summed E-state index contributed by atoms with van der Waals surface area (Å²) < 4.78 is 1.92. The van der Waals surface area contributed by atoms with Crippen LogP contribution in [0.3, 0.4) is 0 Å². The molecule has 2 N–H and O–H groups in total. The monoisotopic (exact) mass is 261 g/mol. The van der Waals surface area contributed by atoms with Gasteiger partial charge in [0.25, 0.3) is 0 Å². The van der Waals surface area contributed by atoms with Crippen molar-refractivity contribution >= 4 is 35.8 Å². The van der Waals surface area contributed by atoms with Crippen LogP contribution in [0, 0.1) is 3.95 Å². The summed E-state index contributed by atoms with van der Waals surface area (Å²) in [4.78, 5) is 21.2. The Labute approximate surface area is 101 Å². The number of thiazole rings is 1. The Kier molecular flexibility index (Phi) is 4.63. The number of hydrogen-bond donors (Lipinski definition) is 2. The van der Waals surface area contributed by atoms with Gasteiger partial charge in [-0.1, -0.05) is 0 Å². The minimum absolute atomic E-state index is 0.0208. The molecule has 88 valence electrons. The Bertz CT molecular complexity index is 449. The van der Waals surface area contributed by atoms with E-state index < -0.39 is 5.97 Å². The highest BCUT2D eigenvalue weighted by Crippen LogP contribution is 2.26. The number of hydrogen-bond acceptors (Lipinski definition) is 5. The fourth-order valence-corrected chi connectivity index (χ4v) is 2.57. The van der Waals surface area contributed by atoms with Crippen LogP contribution in [0.5, 0.6) is 5.88 Å². The molecule has 0 aromatic carbocycles. The number of rotatable bonds is 6. The molecule has 1 aromatic heterocycles.